The third-order valence-electron chi connectivity index (χ3n) is 4.98. The molecule has 132 valence electrons. The van der Waals surface area contributed by atoms with Crippen molar-refractivity contribution in [3.8, 4) is 0 Å². The van der Waals surface area contributed by atoms with Crippen LogP contribution in [0.5, 0.6) is 0 Å². The van der Waals surface area contributed by atoms with Gasteiger partial charge in [0.2, 0.25) is 0 Å². The van der Waals surface area contributed by atoms with Crippen LogP contribution in [0.3, 0.4) is 0 Å². The van der Waals surface area contributed by atoms with Crippen molar-refractivity contribution in [3.63, 3.8) is 0 Å². The minimum Gasteiger partial charge on any atom is -0.364 e. The molecule has 2 aliphatic heterocycles. The predicted molar refractivity (Wildman–Crippen MR) is 106 cm³/mol. The molecule has 5 heteroatoms. The molecule has 2 amide bonds. The Bertz CT molecular complexity index is 861. The van der Waals surface area contributed by atoms with Crippen molar-refractivity contribution in [1.29, 1.82) is 0 Å². The molecule has 0 N–H and O–H groups in total. The lowest BCUT2D eigenvalue weighted by Gasteiger charge is -2.38. The van der Waals surface area contributed by atoms with Crippen molar-refractivity contribution < 1.29 is 9.59 Å². The van der Waals surface area contributed by atoms with Crippen LogP contribution in [0.1, 0.15) is 19.3 Å². The summed E-state index contributed by atoms with van der Waals surface area (Å²) < 4.78 is 0.913. The first-order chi connectivity index (χ1) is 12.6. The fraction of sp³-hybridized carbons (Fsp3) is 0.238. The summed E-state index contributed by atoms with van der Waals surface area (Å²) in [5.74, 6) is -0.462. The smallest absolute Gasteiger partial charge is 0.263 e. The summed E-state index contributed by atoms with van der Waals surface area (Å²) in [6.07, 6.45) is 4.56. The number of imide groups is 1. The average Bonchev–Trinajstić information content (AvgIpc) is 2.97. The van der Waals surface area contributed by atoms with E-state index in [1.807, 2.05) is 30.3 Å². The second kappa shape index (κ2) is 7.08. The molecular formula is C21H19BrN2O2. The average molecular weight is 411 g/mol. The lowest BCUT2D eigenvalue weighted by atomic mass is 9.94. The van der Waals surface area contributed by atoms with E-state index in [-0.39, 0.29) is 17.9 Å². The molecule has 2 heterocycles. The van der Waals surface area contributed by atoms with E-state index in [9.17, 15) is 9.59 Å². The van der Waals surface area contributed by atoms with E-state index in [1.165, 1.54) is 11.0 Å². The first-order valence-corrected chi connectivity index (χ1v) is 9.62. The number of anilines is 2. The molecule has 26 heavy (non-hydrogen) atoms. The molecule has 2 aliphatic rings. The largest absolute Gasteiger partial charge is 0.364 e. The van der Waals surface area contributed by atoms with Gasteiger partial charge in [-0.1, -0.05) is 34.1 Å². The third kappa shape index (κ3) is 3.07. The number of para-hydroxylation sites is 1. The van der Waals surface area contributed by atoms with Gasteiger partial charge < -0.3 is 4.90 Å². The van der Waals surface area contributed by atoms with Crippen LogP contribution in [-0.4, -0.2) is 24.4 Å². The predicted octanol–water partition coefficient (Wildman–Crippen LogP) is 4.31. The lowest BCUT2D eigenvalue weighted by molar-refractivity contribution is -0.120. The number of amides is 2. The van der Waals surface area contributed by atoms with E-state index >= 15 is 0 Å². The number of halogens is 1. The molecule has 1 atom stereocenters. The van der Waals surface area contributed by atoms with Gasteiger partial charge in [0.15, 0.2) is 0 Å². The molecule has 2 aromatic carbocycles. The van der Waals surface area contributed by atoms with Crippen molar-refractivity contribution in [2.45, 2.75) is 25.3 Å². The highest BCUT2D eigenvalue weighted by Crippen LogP contribution is 2.33. The van der Waals surface area contributed by atoms with Crippen molar-refractivity contribution in [2.24, 2.45) is 0 Å². The first kappa shape index (κ1) is 17.0. The van der Waals surface area contributed by atoms with Crippen LogP contribution >= 0.6 is 15.9 Å². The molecule has 1 saturated heterocycles. The molecule has 0 aliphatic carbocycles. The number of rotatable bonds is 3. The molecule has 0 saturated carbocycles. The monoisotopic (exact) mass is 410 g/mol. The van der Waals surface area contributed by atoms with E-state index in [2.05, 4.69) is 33.0 Å². The number of carbonyl (C=O) groups is 2. The van der Waals surface area contributed by atoms with Gasteiger partial charge in [-0.2, -0.15) is 0 Å². The number of carbonyl (C=O) groups excluding carboxylic acids is 2. The summed E-state index contributed by atoms with van der Waals surface area (Å²) in [5, 5.41) is 0. The van der Waals surface area contributed by atoms with E-state index in [0.717, 1.165) is 36.0 Å². The number of nitrogens with zero attached hydrogens (tertiary/aromatic N) is 2. The molecule has 0 bridgehead atoms. The maximum atomic E-state index is 13.1. The molecule has 0 spiro atoms. The molecule has 1 unspecified atom stereocenters. The van der Waals surface area contributed by atoms with E-state index in [1.54, 1.807) is 12.1 Å². The van der Waals surface area contributed by atoms with Gasteiger partial charge in [-0.3, -0.25) is 9.59 Å². The Kier molecular flexibility index (Phi) is 4.64. The molecule has 0 aromatic heterocycles. The summed E-state index contributed by atoms with van der Waals surface area (Å²) in [6.45, 7) is 0.895. The fourth-order valence-electron chi connectivity index (χ4n) is 3.75. The standard InChI is InChI=1S/C21H19BrN2O2/c22-15-9-11-17(12-10-15)24-20(25)14-18(21(24)26)19-8-4-5-13-23(19)16-6-2-1-3-7-16/h1-3,6-7,9-12,14,19H,4-5,8,13H2. The SMILES string of the molecule is O=C1C=C(C2CCCCN2c2ccccc2)C(=O)N1c1ccc(Br)cc1. The third-order valence-corrected chi connectivity index (χ3v) is 5.51. The molecule has 0 radical (unpaired) electrons. The summed E-state index contributed by atoms with van der Waals surface area (Å²) >= 11 is 3.38. The van der Waals surface area contributed by atoms with Crippen LogP contribution in [-0.2, 0) is 9.59 Å². The highest BCUT2D eigenvalue weighted by atomic mass is 79.9. The van der Waals surface area contributed by atoms with Gasteiger partial charge in [-0.05, 0) is 55.7 Å². The van der Waals surface area contributed by atoms with Gasteiger partial charge in [0.05, 0.1) is 11.7 Å². The topological polar surface area (TPSA) is 40.6 Å². The molecule has 2 aromatic rings. The number of piperidine rings is 1. The fourth-order valence-corrected chi connectivity index (χ4v) is 4.01. The normalized spacial score (nSPS) is 20.5. The molecule has 4 nitrogen and oxygen atoms in total. The summed E-state index contributed by atoms with van der Waals surface area (Å²) in [5.41, 5.74) is 2.30. The lowest BCUT2D eigenvalue weighted by Crippen LogP contribution is -2.43. The number of benzene rings is 2. The Labute approximate surface area is 161 Å². The van der Waals surface area contributed by atoms with Gasteiger partial charge >= 0.3 is 0 Å². The van der Waals surface area contributed by atoms with E-state index in [4.69, 9.17) is 0 Å². The van der Waals surface area contributed by atoms with Crippen molar-refractivity contribution >= 4 is 39.1 Å². The van der Waals surface area contributed by atoms with Crippen LogP contribution in [0.2, 0.25) is 0 Å². The van der Waals surface area contributed by atoms with Gasteiger partial charge in [0.1, 0.15) is 0 Å². The van der Waals surface area contributed by atoms with Gasteiger partial charge in [-0.25, -0.2) is 4.90 Å². The quantitative estimate of drug-likeness (QED) is 0.707. The molecular weight excluding hydrogens is 392 g/mol. The van der Waals surface area contributed by atoms with Crippen molar-refractivity contribution in [3.05, 3.63) is 70.7 Å². The summed E-state index contributed by atoms with van der Waals surface area (Å²) in [4.78, 5) is 29.2. The van der Waals surface area contributed by atoms with Crippen LogP contribution in [0.4, 0.5) is 11.4 Å². The first-order valence-electron chi connectivity index (χ1n) is 8.82. The Morgan fingerprint density at radius 3 is 2.35 bits per heavy atom. The van der Waals surface area contributed by atoms with Crippen LogP contribution in [0, 0.1) is 0 Å². The zero-order valence-electron chi connectivity index (χ0n) is 14.3. The summed E-state index contributed by atoms with van der Waals surface area (Å²) in [6, 6.07) is 17.3. The molecule has 4 rings (SSSR count). The zero-order chi connectivity index (χ0) is 18.1. The maximum Gasteiger partial charge on any atom is 0.263 e. The molecule has 1 fully saturated rings. The second-order valence-electron chi connectivity index (χ2n) is 6.60. The Morgan fingerprint density at radius 2 is 1.62 bits per heavy atom. The van der Waals surface area contributed by atoms with Crippen molar-refractivity contribution in [1.82, 2.24) is 0 Å². The Balaban J connectivity index is 1.64. The maximum absolute atomic E-state index is 13.1. The Hall–Kier alpha value is -2.40. The minimum atomic E-state index is -0.258. The number of hydrogen-bond acceptors (Lipinski definition) is 3. The zero-order valence-corrected chi connectivity index (χ0v) is 15.9. The van der Waals surface area contributed by atoms with Crippen molar-refractivity contribution in [2.75, 3.05) is 16.3 Å². The highest BCUT2D eigenvalue weighted by molar-refractivity contribution is 9.10. The summed E-state index contributed by atoms with van der Waals surface area (Å²) in [7, 11) is 0. The minimum absolute atomic E-state index is 0.0527. The van der Waals surface area contributed by atoms with Gasteiger partial charge in [0, 0.05) is 28.4 Å². The second-order valence-corrected chi connectivity index (χ2v) is 7.51. The van der Waals surface area contributed by atoms with Crippen LogP contribution < -0.4 is 9.80 Å². The van der Waals surface area contributed by atoms with E-state index < -0.39 is 0 Å². The van der Waals surface area contributed by atoms with Crippen LogP contribution in [0.25, 0.3) is 0 Å². The number of hydrogen-bond donors (Lipinski definition) is 0. The van der Waals surface area contributed by atoms with Gasteiger partial charge in [-0.15, -0.1) is 0 Å². The highest BCUT2D eigenvalue weighted by Gasteiger charge is 2.39. The van der Waals surface area contributed by atoms with Gasteiger partial charge in [0.25, 0.3) is 11.8 Å². The van der Waals surface area contributed by atoms with E-state index in [0.29, 0.717) is 11.3 Å². The Morgan fingerprint density at radius 1 is 0.885 bits per heavy atom. The van der Waals surface area contributed by atoms with Crippen LogP contribution in [0.15, 0.2) is 70.7 Å².